The van der Waals surface area contributed by atoms with Crippen LogP contribution < -0.4 is 5.56 Å². The Bertz CT molecular complexity index is 1030. The van der Waals surface area contributed by atoms with E-state index in [0.29, 0.717) is 16.7 Å². The smallest absolute Gasteiger partial charge is 0.259 e. The number of hydrogen-bond donors (Lipinski definition) is 1. The first-order valence-electron chi connectivity index (χ1n) is 6.63. The van der Waals surface area contributed by atoms with Crippen LogP contribution in [0, 0.1) is 0 Å². The fourth-order valence-electron chi connectivity index (χ4n) is 2.50. The fourth-order valence-corrected chi connectivity index (χ4v) is 2.50. The van der Waals surface area contributed by atoms with Crippen molar-refractivity contribution in [2.75, 3.05) is 0 Å². The zero-order valence-corrected chi connectivity index (χ0v) is 11.4. The van der Waals surface area contributed by atoms with Crippen LogP contribution in [0.2, 0.25) is 0 Å². The number of aromatic nitrogens is 4. The summed E-state index contributed by atoms with van der Waals surface area (Å²) in [5, 5.41) is 0.600. The lowest BCUT2D eigenvalue weighted by atomic mass is 10.1. The lowest BCUT2D eigenvalue weighted by Gasteiger charge is -2.04. The lowest BCUT2D eigenvalue weighted by Crippen LogP contribution is -2.09. The van der Waals surface area contributed by atoms with Crippen LogP contribution in [0.1, 0.15) is 0 Å². The van der Waals surface area contributed by atoms with E-state index in [1.54, 1.807) is 12.4 Å². The molecule has 2 aromatic heterocycles. The molecular weight excluding hydrogens is 264 g/mol. The van der Waals surface area contributed by atoms with Crippen LogP contribution in [0.3, 0.4) is 0 Å². The highest BCUT2D eigenvalue weighted by Crippen LogP contribution is 2.21. The van der Waals surface area contributed by atoms with Gasteiger partial charge in [-0.1, -0.05) is 12.1 Å². The van der Waals surface area contributed by atoms with Crippen LogP contribution in [0.25, 0.3) is 33.3 Å². The van der Waals surface area contributed by atoms with Crippen LogP contribution in [0.15, 0.2) is 53.6 Å². The number of nitrogens with zero attached hydrogens (tertiary/aromatic N) is 3. The predicted molar refractivity (Wildman–Crippen MR) is 82.1 cm³/mol. The molecule has 21 heavy (non-hydrogen) atoms. The van der Waals surface area contributed by atoms with Crippen molar-refractivity contribution in [2.45, 2.75) is 0 Å². The standard InChI is InChI=1S/C16H12N4O/c1-20-9-17-13-7-6-10(8-14(13)20)15-18-12-5-3-2-4-11(12)16(21)19-15/h2-9H,1H3,(H,18,19,21). The average molecular weight is 276 g/mol. The molecule has 0 spiro atoms. The molecule has 1 N–H and O–H groups in total. The molecule has 102 valence electrons. The molecule has 0 unspecified atom stereocenters. The third-order valence-electron chi connectivity index (χ3n) is 3.61. The van der Waals surface area contributed by atoms with Gasteiger partial charge in [0.1, 0.15) is 5.82 Å². The summed E-state index contributed by atoms with van der Waals surface area (Å²) >= 11 is 0. The van der Waals surface area contributed by atoms with Gasteiger partial charge in [-0.15, -0.1) is 0 Å². The van der Waals surface area contributed by atoms with Crippen molar-refractivity contribution in [3.63, 3.8) is 0 Å². The van der Waals surface area contributed by atoms with Crippen molar-refractivity contribution in [2.24, 2.45) is 7.05 Å². The molecule has 0 bridgehead atoms. The molecule has 0 saturated carbocycles. The van der Waals surface area contributed by atoms with Crippen molar-refractivity contribution >= 4 is 21.9 Å². The van der Waals surface area contributed by atoms with Crippen LogP contribution in [-0.2, 0) is 7.05 Å². The first-order valence-corrected chi connectivity index (χ1v) is 6.63. The number of nitrogens with one attached hydrogen (secondary N) is 1. The second-order valence-corrected chi connectivity index (χ2v) is 4.99. The summed E-state index contributed by atoms with van der Waals surface area (Å²) < 4.78 is 1.94. The molecule has 0 amide bonds. The Morgan fingerprint density at radius 3 is 2.86 bits per heavy atom. The molecule has 0 atom stereocenters. The molecule has 2 aromatic carbocycles. The van der Waals surface area contributed by atoms with Gasteiger partial charge in [-0.2, -0.15) is 0 Å². The van der Waals surface area contributed by atoms with Gasteiger partial charge >= 0.3 is 0 Å². The number of imidazole rings is 1. The highest BCUT2D eigenvalue weighted by Gasteiger charge is 2.07. The summed E-state index contributed by atoms with van der Waals surface area (Å²) in [7, 11) is 1.94. The van der Waals surface area contributed by atoms with E-state index in [-0.39, 0.29) is 5.56 Å². The Morgan fingerprint density at radius 2 is 1.95 bits per heavy atom. The zero-order chi connectivity index (χ0) is 14.4. The lowest BCUT2D eigenvalue weighted by molar-refractivity contribution is 0.947. The largest absolute Gasteiger partial charge is 0.334 e. The average Bonchev–Trinajstić information content (AvgIpc) is 2.88. The first-order chi connectivity index (χ1) is 10.2. The number of aromatic amines is 1. The number of fused-ring (bicyclic) bond motifs is 2. The van der Waals surface area contributed by atoms with E-state index in [9.17, 15) is 4.79 Å². The maximum Gasteiger partial charge on any atom is 0.259 e. The number of rotatable bonds is 1. The summed E-state index contributed by atoms with van der Waals surface area (Å²) in [6.07, 6.45) is 1.77. The van der Waals surface area contributed by atoms with Crippen molar-refractivity contribution in [3.8, 4) is 11.4 Å². The number of H-pyrrole nitrogens is 1. The first kappa shape index (κ1) is 11.8. The molecule has 0 aliphatic carbocycles. The van der Waals surface area contributed by atoms with Gasteiger partial charge < -0.3 is 9.55 Å². The number of hydrogen-bond acceptors (Lipinski definition) is 3. The van der Waals surface area contributed by atoms with Gasteiger partial charge in [0.2, 0.25) is 0 Å². The third kappa shape index (κ3) is 1.82. The highest BCUT2D eigenvalue weighted by atomic mass is 16.1. The topological polar surface area (TPSA) is 63.6 Å². The Balaban J connectivity index is 1.99. The summed E-state index contributed by atoms with van der Waals surface area (Å²) in [5.41, 5.74) is 3.36. The number of benzene rings is 2. The molecular formula is C16H12N4O. The van der Waals surface area contributed by atoms with Crippen molar-refractivity contribution in [1.82, 2.24) is 19.5 Å². The molecule has 0 aliphatic rings. The summed E-state index contributed by atoms with van der Waals surface area (Å²) in [4.78, 5) is 23.8. The van der Waals surface area contributed by atoms with Crippen LogP contribution in [0.5, 0.6) is 0 Å². The van der Waals surface area contributed by atoms with E-state index >= 15 is 0 Å². The molecule has 0 aliphatic heterocycles. The molecule has 0 fully saturated rings. The van der Waals surface area contributed by atoms with Gasteiger partial charge in [-0.3, -0.25) is 4.79 Å². The van der Waals surface area contributed by atoms with E-state index in [2.05, 4.69) is 15.0 Å². The molecule has 4 rings (SSSR count). The van der Waals surface area contributed by atoms with Gasteiger partial charge in [0.05, 0.1) is 28.3 Å². The summed E-state index contributed by atoms with van der Waals surface area (Å²) in [6, 6.07) is 13.2. The quantitative estimate of drug-likeness (QED) is 0.581. The van der Waals surface area contributed by atoms with E-state index in [4.69, 9.17) is 0 Å². The maximum atomic E-state index is 12.1. The molecule has 5 nitrogen and oxygen atoms in total. The monoisotopic (exact) mass is 276 g/mol. The van der Waals surface area contributed by atoms with Gasteiger partial charge in [-0.05, 0) is 30.3 Å². The minimum Gasteiger partial charge on any atom is -0.334 e. The molecule has 0 radical (unpaired) electrons. The second kappa shape index (κ2) is 4.28. The van der Waals surface area contributed by atoms with Gasteiger partial charge in [-0.25, -0.2) is 9.97 Å². The normalized spacial score (nSPS) is 11.3. The van der Waals surface area contributed by atoms with Crippen LogP contribution in [-0.4, -0.2) is 19.5 Å². The van der Waals surface area contributed by atoms with Gasteiger partial charge in [0.15, 0.2) is 0 Å². The fraction of sp³-hybridized carbons (Fsp3) is 0.0625. The minimum atomic E-state index is -0.124. The SMILES string of the molecule is Cn1cnc2ccc(-c3nc4ccccc4c(=O)[nH]3)cc21. The Morgan fingerprint density at radius 1 is 1.10 bits per heavy atom. The predicted octanol–water partition coefficient (Wildman–Crippen LogP) is 2.48. The molecule has 0 saturated heterocycles. The van der Waals surface area contributed by atoms with Gasteiger partial charge in [0, 0.05) is 12.6 Å². The van der Waals surface area contributed by atoms with E-state index in [1.165, 1.54) is 0 Å². The maximum absolute atomic E-state index is 12.1. The minimum absolute atomic E-state index is 0.124. The molecule has 5 heteroatoms. The third-order valence-corrected chi connectivity index (χ3v) is 3.61. The van der Waals surface area contributed by atoms with E-state index < -0.39 is 0 Å². The van der Waals surface area contributed by atoms with E-state index in [0.717, 1.165) is 16.6 Å². The Hall–Kier alpha value is -2.95. The second-order valence-electron chi connectivity index (χ2n) is 4.99. The Kier molecular flexibility index (Phi) is 2.41. The molecule has 4 aromatic rings. The Labute approximate surface area is 119 Å². The van der Waals surface area contributed by atoms with Crippen LogP contribution in [0.4, 0.5) is 0 Å². The van der Waals surface area contributed by atoms with Crippen molar-refractivity contribution < 1.29 is 0 Å². The van der Waals surface area contributed by atoms with Crippen molar-refractivity contribution in [3.05, 3.63) is 59.1 Å². The summed E-state index contributed by atoms with van der Waals surface area (Å²) in [6.45, 7) is 0. The number of para-hydroxylation sites is 1. The zero-order valence-electron chi connectivity index (χ0n) is 11.4. The molecule has 2 heterocycles. The van der Waals surface area contributed by atoms with Crippen LogP contribution >= 0.6 is 0 Å². The summed E-state index contributed by atoms with van der Waals surface area (Å²) in [5.74, 6) is 0.571. The van der Waals surface area contributed by atoms with Crippen molar-refractivity contribution in [1.29, 1.82) is 0 Å². The number of aryl methyl sites for hydroxylation is 1. The highest BCUT2D eigenvalue weighted by molar-refractivity contribution is 5.83. The van der Waals surface area contributed by atoms with E-state index in [1.807, 2.05) is 48.0 Å². The van der Waals surface area contributed by atoms with Gasteiger partial charge in [0.25, 0.3) is 5.56 Å².